The van der Waals surface area contributed by atoms with Crippen LogP contribution in [0.4, 0.5) is 5.82 Å². The summed E-state index contributed by atoms with van der Waals surface area (Å²) in [5.41, 5.74) is 1.79. The molecule has 2 heterocycles. The molecule has 0 aliphatic carbocycles. The van der Waals surface area contributed by atoms with Gasteiger partial charge in [0.05, 0.1) is 23.8 Å². The molecule has 4 nitrogen and oxygen atoms in total. The van der Waals surface area contributed by atoms with Gasteiger partial charge in [-0.3, -0.25) is 4.98 Å². The number of anilines is 1. The maximum atomic E-state index is 5.74. The molecule has 0 fully saturated rings. The minimum Gasteiger partial charge on any atom is -0.362 e. The molecule has 2 aromatic rings. The molecule has 0 radical (unpaired) electrons. The number of rotatable bonds is 3. The fraction of sp³-hybridized carbons (Fsp3) is 0.167. The van der Waals surface area contributed by atoms with Gasteiger partial charge < -0.3 is 5.32 Å². The van der Waals surface area contributed by atoms with E-state index in [2.05, 4.69) is 19.0 Å². The van der Waals surface area contributed by atoms with Gasteiger partial charge in [0.1, 0.15) is 0 Å². The second kappa shape index (κ2) is 3.99. The zero-order valence-corrected chi connectivity index (χ0v) is 8.79. The van der Waals surface area contributed by atoms with Crippen molar-refractivity contribution in [1.29, 1.82) is 0 Å². The van der Waals surface area contributed by atoms with Crippen LogP contribution in [0.25, 0.3) is 0 Å². The molecule has 0 bridgehead atoms. The maximum absolute atomic E-state index is 5.74. The van der Waals surface area contributed by atoms with E-state index in [9.17, 15) is 0 Å². The van der Waals surface area contributed by atoms with Crippen LogP contribution in [0.1, 0.15) is 4.88 Å². The summed E-state index contributed by atoms with van der Waals surface area (Å²) in [6, 6.07) is 0. The Balaban J connectivity index is 1.97. The Morgan fingerprint density at radius 3 is 3.00 bits per heavy atom. The van der Waals surface area contributed by atoms with E-state index in [1.807, 2.05) is 6.20 Å². The van der Waals surface area contributed by atoms with E-state index in [4.69, 9.17) is 11.6 Å². The average Bonchev–Trinajstić information content (AvgIpc) is 2.72. The lowest BCUT2D eigenvalue weighted by atomic mass is 10.5. The van der Waals surface area contributed by atoms with Crippen molar-refractivity contribution in [3.8, 4) is 0 Å². The van der Waals surface area contributed by atoms with Crippen molar-refractivity contribution < 1.29 is 0 Å². The van der Waals surface area contributed by atoms with Crippen molar-refractivity contribution in [3.05, 3.63) is 21.7 Å². The number of nitrogens with zero attached hydrogens (tertiary/aromatic N) is 3. The van der Waals surface area contributed by atoms with E-state index in [-0.39, 0.29) is 0 Å². The zero-order chi connectivity index (χ0) is 9.10. The Morgan fingerprint density at radius 1 is 1.46 bits per heavy atom. The highest BCUT2D eigenvalue weighted by atomic mass is 35.5. The molecule has 68 valence electrons. The lowest BCUT2D eigenvalue weighted by Gasteiger charge is -1.98. The summed E-state index contributed by atoms with van der Waals surface area (Å²) in [5.74, 6) is 0.639. The first kappa shape index (κ1) is 8.86. The van der Waals surface area contributed by atoms with Crippen molar-refractivity contribution in [2.24, 2.45) is 0 Å². The molecule has 0 aliphatic rings. The molecule has 0 saturated heterocycles. The predicted molar refractivity (Wildman–Crippen MR) is 54.4 cm³/mol. The highest BCUT2D eigenvalue weighted by Gasteiger charge is 2.04. The van der Waals surface area contributed by atoms with E-state index in [0.717, 1.165) is 16.6 Å². The van der Waals surface area contributed by atoms with Crippen LogP contribution in [0.3, 0.4) is 0 Å². The van der Waals surface area contributed by atoms with Crippen LogP contribution in [-0.4, -0.2) is 13.7 Å². The molecule has 2 rings (SSSR count). The summed E-state index contributed by atoms with van der Waals surface area (Å²) in [7, 11) is 0. The summed E-state index contributed by atoms with van der Waals surface area (Å²) < 4.78 is 7.82. The lowest BCUT2D eigenvalue weighted by Crippen LogP contribution is -1.97. The van der Waals surface area contributed by atoms with Crippen molar-refractivity contribution in [1.82, 2.24) is 13.7 Å². The number of aromatic nitrogens is 3. The van der Waals surface area contributed by atoms with Crippen LogP contribution in [0.5, 0.6) is 0 Å². The van der Waals surface area contributed by atoms with E-state index in [1.54, 1.807) is 16.8 Å². The van der Waals surface area contributed by atoms with Crippen LogP contribution in [0.15, 0.2) is 11.7 Å². The molecule has 0 amide bonds. The van der Waals surface area contributed by atoms with Gasteiger partial charge in [0.15, 0.2) is 11.0 Å². The first-order valence-electron chi connectivity index (χ1n) is 3.45. The van der Waals surface area contributed by atoms with E-state index < -0.39 is 0 Å². The molecule has 0 spiro atoms. The third-order valence-electron chi connectivity index (χ3n) is 1.36. The molecule has 0 aromatic carbocycles. The first-order chi connectivity index (χ1) is 6.36. The third kappa shape index (κ3) is 2.15. The van der Waals surface area contributed by atoms with Crippen LogP contribution in [0.2, 0.25) is 5.15 Å². The van der Waals surface area contributed by atoms with Crippen molar-refractivity contribution in [2.45, 2.75) is 6.54 Å². The van der Waals surface area contributed by atoms with Crippen molar-refractivity contribution in [3.63, 3.8) is 0 Å². The number of nitrogens with one attached hydrogen (secondary N) is 1. The Bertz CT molecular complexity index is 372. The average molecular weight is 233 g/mol. The molecule has 0 unspecified atom stereocenters. The van der Waals surface area contributed by atoms with Gasteiger partial charge in [-0.15, -0.1) is 11.3 Å². The van der Waals surface area contributed by atoms with Crippen LogP contribution in [-0.2, 0) is 6.54 Å². The molecule has 0 saturated carbocycles. The molecule has 0 atom stereocenters. The summed E-state index contributed by atoms with van der Waals surface area (Å²) >= 11 is 8.43. The van der Waals surface area contributed by atoms with Gasteiger partial charge in [-0.25, -0.2) is 0 Å². The number of thiazole rings is 1. The fourth-order valence-corrected chi connectivity index (χ4v) is 2.00. The van der Waals surface area contributed by atoms with Gasteiger partial charge in [-0.05, 0) is 0 Å². The SMILES string of the molecule is Clc1nsnc1NCc1cncs1. The molecule has 0 aliphatic heterocycles. The minimum atomic E-state index is 0.425. The van der Waals surface area contributed by atoms with Crippen LogP contribution >= 0.6 is 34.7 Å². The van der Waals surface area contributed by atoms with Crippen molar-refractivity contribution in [2.75, 3.05) is 5.32 Å². The summed E-state index contributed by atoms with van der Waals surface area (Å²) in [4.78, 5) is 5.10. The smallest absolute Gasteiger partial charge is 0.186 e. The Morgan fingerprint density at radius 2 is 2.38 bits per heavy atom. The monoisotopic (exact) mass is 232 g/mol. The lowest BCUT2D eigenvalue weighted by molar-refractivity contribution is 1.15. The molecule has 2 aromatic heterocycles. The predicted octanol–water partition coefficient (Wildman–Crippen LogP) is 2.26. The Hall–Kier alpha value is -0.720. The number of hydrogen-bond acceptors (Lipinski definition) is 6. The molecule has 7 heteroatoms. The topological polar surface area (TPSA) is 50.7 Å². The summed E-state index contributed by atoms with van der Waals surface area (Å²) in [6.07, 6.45) is 1.81. The quantitative estimate of drug-likeness (QED) is 0.882. The van der Waals surface area contributed by atoms with Crippen LogP contribution in [0, 0.1) is 0 Å². The highest BCUT2D eigenvalue weighted by Crippen LogP contribution is 2.19. The summed E-state index contributed by atoms with van der Waals surface area (Å²) in [6.45, 7) is 0.690. The van der Waals surface area contributed by atoms with Gasteiger partial charge >= 0.3 is 0 Å². The number of hydrogen-bond donors (Lipinski definition) is 1. The Kier molecular flexibility index (Phi) is 2.72. The molecular formula is C6H5ClN4S2. The minimum absolute atomic E-state index is 0.425. The van der Waals surface area contributed by atoms with Gasteiger partial charge in [-0.1, -0.05) is 11.6 Å². The second-order valence-corrected chi connectivity index (χ2v) is 4.08. The normalized spacial score (nSPS) is 10.2. The van der Waals surface area contributed by atoms with Crippen molar-refractivity contribution >= 4 is 40.5 Å². The van der Waals surface area contributed by atoms with E-state index in [1.165, 1.54) is 0 Å². The Labute approximate surface area is 87.9 Å². The molecule has 13 heavy (non-hydrogen) atoms. The second-order valence-electron chi connectivity index (χ2n) is 2.22. The largest absolute Gasteiger partial charge is 0.362 e. The number of halogens is 1. The standard InChI is InChI=1S/C6H5ClN4S2/c7-5-6(11-13-10-5)9-2-4-1-8-3-12-4/h1,3H,2H2,(H,9,11). The third-order valence-corrected chi connectivity index (χ3v) is 3.03. The summed E-state index contributed by atoms with van der Waals surface area (Å²) in [5, 5.41) is 3.50. The molecule has 1 N–H and O–H groups in total. The fourth-order valence-electron chi connectivity index (χ4n) is 0.783. The highest BCUT2D eigenvalue weighted by molar-refractivity contribution is 7.09. The van der Waals surface area contributed by atoms with Crippen LogP contribution < -0.4 is 5.32 Å². The zero-order valence-electron chi connectivity index (χ0n) is 6.40. The van der Waals surface area contributed by atoms with Gasteiger partial charge in [0, 0.05) is 11.1 Å². The molecular weight excluding hydrogens is 228 g/mol. The van der Waals surface area contributed by atoms with E-state index >= 15 is 0 Å². The van der Waals surface area contributed by atoms with Gasteiger partial charge in [0.2, 0.25) is 0 Å². The first-order valence-corrected chi connectivity index (χ1v) is 5.44. The van der Waals surface area contributed by atoms with Gasteiger partial charge in [0.25, 0.3) is 0 Å². The maximum Gasteiger partial charge on any atom is 0.186 e. The van der Waals surface area contributed by atoms with Gasteiger partial charge in [-0.2, -0.15) is 8.75 Å². The van der Waals surface area contributed by atoms with E-state index in [0.29, 0.717) is 17.5 Å².